The van der Waals surface area contributed by atoms with Gasteiger partial charge in [-0.2, -0.15) is 20.1 Å². The Morgan fingerprint density at radius 1 is 0.697 bits per heavy atom. The molecule has 4 N–H and O–H groups in total. The molecule has 11 heteroatoms. The van der Waals surface area contributed by atoms with Crippen LogP contribution in [0.2, 0.25) is 0 Å². The Labute approximate surface area is 196 Å². The first-order valence-corrected chi connectivity index (χ1v) is 11.6. The molecule has 0 atom stereocenters. The molecule has 0 unspecified atom stereocenters. The number of aromatic nitrogens is 3. The highest BCUT2D eigenvalue weighted by molar-refractivity contribution is 5.26. The van der Waals surface area contributed by atoms with Gasteiger partial charge in [0, 0.05) is 54.9 Å². The van der Waals surface area contributed by atoms with Crippen LogP contribution in [0, 0.1) is 0 Å². The van der Waals surface area contributed by atoms with Crippen molar-refractivity contribution < 1.29 is 19.9 Å². The first-order chi connectivity index (χ1) is 15.1. The summed E-state index contributed by atoms with van der Waals surface area (Å²) in [5.41, 5.74) is 3.86. The third kappa shape index (κ3) is 5.65. The zero-order valence-corrected chi connectivity index (χ0v) is 21.4. The van der Waals surface area contributed by atoms with Gasteiger partial charge in [0.15, 0.2) is 0 Å². The third-order valence-corrected chi connectivity index (χ3v) is 6.58. The van der Waals surface area contributed by atoms with Crippen molar-refractivity contribution >= 4 is 5.95 Å². The summed E-state index contributed by atoms with van der Waals surface area (Å²) < 4.78 is 12.4. The van der Waals surface area contributed by atoms with Crippen molar-refractivity contribution in [3.8, 4) is 12.0 Å². The molecule has 0 aliphatic carbocycles. The second-order valence-corrected chi connectivity index (χ2v) is 11.8. The minimum atomic E-state index is -0.458. The highest BCUT2D eigenvalue weighted by Gasteiger charge is 2.47. The molecule has 188 valence electrons. The molecule has 2 fully saturated rings. The van der Waals surface area contributed by atoms with Gasteiger partial charge in [-0.3, -0.25) is 5.43 Å². The zero-order valence-electron chi connectivity index (χ0n) is 21.4. The second-order valence-electron chi connectivity index (χ2n) is 11.8. The highest BCUT2D eigenvalue weighted by Crippen LogP contribution is 2.39. The molecule has 11 nitrogen and oxygen atoms in total. The Bertz CT molecular complexity index is 748. The zero-order chi connectivity index (χ0) is 24.8. The lowest BCUT2D eigenvalue weighted by atomic mass is 9.80. The fourth-order valence-electron chi connectivity index (χ4n) is 5.43. The van der Waals surface area contributed by atoms with Crippen LogP contribution in [0.5, 0.6) is 12.0 Å². The molecule has 0 aromatic carbocycles. The van der Waals surface area contributed by atoms with Crippen molar-refractivity contribution in [2.24, 2.45) is 0 Å². The van der Waals surface area contributed by atoms with Gasteiger partial charge >= 0.3 is 12.0 Å². The van der Waals surface area contributed by atoms with Gasteiger partial charge in [-0.25, -0.2) is 5.43 Å². The van der Waals surface area contributed by atoms with E-state index >= 15 is 0 Å². The number of piperidine rings is 2. The number of ether oxygens (including phenoxy) is 2. The molecular weight excluding hydrogens is 426 g/mol. The largest absolute Gasteiger partial charge is 0.460 e. The first kappa shape index (κ1) is 25.8. The summed E-state index contributed by atoms with van der Waals surface area (Å²) in [7, 11) is 1.72. The van der Waals surface area contributed by atoms with Crippen molar-refractivity contribution in [1.29, 1.82) is 0 Å². The Balaban J connectivity index is 1.82. The first-order valence-electron chi connectivity index (χ1n) is 11.6. The molecule has 2 aliphatic heterocycles. The fraction of sp³-hybridized carbons (Fsp3) is 0.864. The van der Waals surface area contributed by atoms with Crippen molar-refractivity contribution in [3.05, 3.63) is 0 Å². The fourth-order valence-corrected chi connectivity index (χ4v) is 5.43. The normalized spacial score (nSPS) is 25.5. The molecule has 2 aliphatic rings. The van der Waals surface area contributed by atoms with E-state index in [1.807, 2.05) is 55.4 Å². The number of hydrogen-bond donors (Lipinski definition) is 4. The standard InChI is InChI=1S/C22H41N7O4/c1-19(2)10-14(11-20(3,4)28(19)30)32-17-24-16(27-23-9)25-18(26-17)33-15-12-21(5,6)29(31)22(7,8)13-15/h14-15,23,30-31H,10-13H2,1-9H3,(H,24,25,26,27). The van der Waals surface area contributed by atoms with Crippen molar-refractivity contribution in [3.63, 3.8) is 0 Å². The van der Waals surface area contributed by atoms with E-state index < -0.39 is 22.2 Å². The second kappa shape index (κ2) is 8.77. The maximum absolute atomic E-state index is 10.6. The summed E-state index contributed by atoms with van der Waals surface area (Å²) in [5.74, 6) is 0.286. The number of rotatable bonds is 6. The van der Waals surface area contributed by atoms with E-state index in [0.717, 1.165) is 0 Å². The van der Waals surface area contributed by atoms with Crippen LogP contribution in [0.15, 0.2) is 0 Å². The molecule has 3 rings (SSSR count). The van der Waals surface area contributed by atoms with E-state index in [4.69, 9.17) is 9.47 Å². The average Bonchev–Trinajstić information content (AvgIpc) is 2.63. The van der Waals surface area contributed by atoms with Crippen LogP contribution in [-0.4, -0.2) is 76.9 Å². The quantitative estimate of drug-likeness (QED) is 0.461. The van der Waals surface area contributed by atoms with Crippen molar-refractivity contribution in [2.45, 2.75) is 115 Å². The lowest BCUT2D eigenvalue weighted by Gasteiger charge is -2.51. The lowest BCUT2D eigenvalue weighted by Crippen LogP contribution is -2.61. The predicted octanol–water partition coefficient (Wildman–Crippen LogP) is 3.00. The minimum Gasteiger partial charge on any atom is -0.460 e. The van der Waals surface area contributed by atoms with Crippen LogP contribution in [0.1, 0.15) is 81.1 Å². The number of hydroxylamine groups is 4. The van der Waals surface area contributed by atoms with Crippen LogP contribution in [-0.2, 0) is 0 Å². The molecule has 0 spiro atoms. The van der Waals surface area contributed by atoms with E-state index in [2.05, 4.69) is 25.8 Å². The monoisotopic (exact) mass is 467 g/mol. The van der Waals surface area contributed by atoms with Crippen LogP contribution in [0.4, 0.5) is 5.95 Å². The van der Waals surface area contributed by atoms with E-state index in [0.29, 0.717) is 25.7 Å². The molecular formula is C22H41N7O4. The Morgan fingerprint density at radius 2 is 1.03 bits per heavy atom. The number of anilines is 1. The summed E-state index contributed by atoms with van der Waals surface area (Å²) in [6.07, 6.45) is 2.07. The summed E-state index contributed by atoms with van der Waals surface area (Å²) >= 11 is 0. The number of nitrogens with one attached hydrogen (secondary N) is 2. The van der Waals surface area contributed by atoms with Gasteiger partial charge in [-0.05, 0) is 55.4 Å². The number of hydrogen-bond acceptors (Lipinski definition) is 11. The Morgan fingerprint density at radius 3 is 1.33 bits per heavy atom. The third-order valence-electron chi connectivity index (χ3n) is 6.58. The Kier molecular flexibility index (Phi) is 6.86. The van der Waals surface area contributed by atoms with Gasteiger partial charge in [0.2, 0.25) is 5.95 Å². The number of hydrazine groups is 1. The maximum Gasteiger partial charge on any atom is 0.324 e. The number of nitrogens with zero attached hydrogens (tertiary/aromatic N) is 5. The van der Waals surface area contributed by atoms with Crippen LogP contribution in [0.3, 0.4) is 0 Å². The van der Waals surface area contributed by atoms with E-state index in [9.17, 15) is 10.4 Å². The molecule has 1 aromatic heterocycles. The SMILES string of the molecule is CNNc1nc(OC2CC(C)(C)N(O)C(C)(C)C2)nc(OC2CC(C)(C)N(O)C(C)(C)C2)n1. The van der Waals surface area contributed by atoms with Crippen LogP contribution < -0.4 is 20.3 Å². The molecule has 0 amide bonds. The summed E-state index contributed by atoms with van der Waals surface area (Å²) in [4.78, 5) is 13.2. The molecule has 0 bridgehead atoms. The maximum atomic E-state index is 10.6. The van der Waals surface area contributed by atoms with E-state index in [1.54, 1.807) is 7.05 Å². The van der Waals surface area contributed by atoms with Gasteiger partial charge < -0.3 is 19.9 Å². The predicted molar refractivity (Wildman–Crippen MR) is 123 cm³/mol. The van der Waals surface area contributed by atoms with E-state index in [-0.39, 0.29) is 30.2 Å². The summed E-state index contributed by atoms with van der Waals surface area (Å²) in [6.45, 7) is 15.9. The smallest absolute Gasteiger partial charge is 0.324 e. The Hall–Kier alpha value is -1.79. The van der Waals surface area contributed by atoms with E-state index in [1.165, 1.54) is 10.1 Å². The van der Waals surface area contributed by atoms with Gasteiger partial charge in [-0.1, -0.05) is 0 Å². The minimum absolute atomic E-state index is 0.166. The van der Waals surface area contributed by atoms with Crippen LogP contribution >= 0.6 is 0 Å². The molecule has 2 saturated heterocycles. The van der Waals surface area contributed by atoms with Gasteiger partial charge in [0.05, 0.1) is 0 Å². The topological polar surface area (TPSA) is 128 Å². The summed E-state index contributed by atoms with van der Waals surface area (Å²) in [6, 6.07) is 0.331. The van der Waals surface area contributed by atoms with Gasteiger partial charge in [0.1, 0.15) is 12.2 Å². The average molecular weight is 468 g/mol. The highest BCUT2D eigenvalue weighted by atomic mass is 16.5. The van der Waals surface area contributed by atoms with Crippen molar-refractivity contribution in [1.82, 2.24) is 30.5 Å². The molecule has 33 heavy (non-hydrogen) atoms. The van der Waals surface area contributed by atoms with Crippen molar-refractivity contribution in [2.75, 3.05) is 12.5 Å². The molecule has 0 saturated carbocycles. The van der Waals surface area contributed by atoms with Gasteiger partial charge in [-0.15, -0.1) is 4.98 Å². The molecule has 3 heterocycles. The molecule has 0 radical (unpaired) electrons. The summed E-state index contributed by atoms with van der Waals surface area (Å²) in [5, 5.41) is 24.0. The molecule has 1 aromatic rings. The van der Waals surface area contributed by atoms with Crippen LogP contribution in [0.25, 0.3) is 0 Å². The van der Waals surface area contributed by atoms with Gasteiger partial charge in [0.25, 0.3) is 0 Å². The lowest BCUT2D eigenvalue weighted by molar-refractivity contribution is -0.255.